The molecule has 1 aliphatic rings. The molecule has 1 aliphatic heterocycles. The monoisotopic (exact) mass is 434 g/mol. The second kappa shape index (κ2) is 9.35. The van der Waals surface area contributed by atoms with Gasteiger partial charge in [0.1, 0.15) is 5.75 Å². The van der Waals surface area contributed by atoms with Crippen LogP contribution in [0, 0.1) is 6.92 Å². The first-order chi connectivity index (χ1) is 13.9. The number of aliphatic carboxylic acids is 1. The lowest BCUT2D eigenvalue weighted by Crippen LogP contribution is -2.21. The van der Waals surface area contributed by atoms with E-state index in [0.29, 0.717) is 18.4 Å². The van der Waals surface area contributed by atoms with E-state index in [2.05, 4.69) is 20.8 Å². The van der Waals surface area contributed by atoms with Crippen LogP contribution in [-0.2, 0) is 25.8 Å². The molecule has 0 saturated heterocycles. The van der Waals surface area contributed by atoms with Crippen molar-refractivity contribution in [2.24, 2.45) is 0 Å². The van der Waals surface area contributed by atoms with E-state index in [1.165, 1.54) is 0 Å². The second-order valence-electron chi connectivity index (χ2n) is 9.12. The van der Waals surface area contributed by atoms with E-state index < -0.39 is 21.3 Å². The first kappa shape index (κ1) is 24.1. The zero-order chi connectivity index (χ0) is 22.8. The summed E-state index contributed by atoms with van der Waals surface area (Å²) >= 11 is 0. The molecule has 1 unspecified atom stereocenters. The molecule has 6 nitrogen and oxygen atoms in total. The van der Waals surface area contributed by atoms with Crippen molar-refractivity contribution < 1.29 is 28.6 Å². The Kier molecular flexibility index (Phi) is 7.53. The first-order valence-electron chi connectivity index (χ1n) is 10.4. The number of carbonyl (C=O) groups excluding carboxylic acids is 1. The van der Waals surface area contributed by atoms with Crippen LogP contribution in [0.3, 0.4) is 0 Å². The maximum atomic E-state index is 12.9. The van der Waals surface area contributed by atoms with Gasteiger partial charge in [-0.1, -0.05) is 32.4 Å². The lowest BCUT2D eigenvalue weighted by atomic mass is 9.76. The number of cyclic esters (lactones) is 1. The van der Waals surface area contributed by atoms with Gasteiger partial charge < -0.3 is 19.0 Å². The lowest BCUT2D eigenvalue weighted by Gasteiger charge is -2.28. The minimum atomic E-state index is -1.44. The molecule has 0 fully saturated rings. The Balaban J connectivity index is 2.67. The quantitative estimate of drug-likeness (QED) is 0.359. The van der Waals surface area contributed by atoms with Crippen LogP contribution in [0.4, 0.5) is 0 Å². The van der Waals surface area contributed by atoms with Gasteiger partial charge in [-0.05, 0) is 50.8 Å². The number of fused-ring (bicyclic) bond motifs is 1. The van der Waals surface area contributed by atoms with Crippen LogP contribution < -0.4 is 4.74 Å². The SMILES string of the molecule is COc1c(C)c2c(c(C(C)(C)C)c1C/C=C(\C)CCC(=O)O)C(=O)OC2O[SiH](C)C. The molecule has 0 radical (unpaired) electrons. The minimum absolute atomic E-state index is 0.0965. The summed E-state index contributed by atoms with van der Waals surface area (Å²) in [5.41, 5.74) is 4.74. The Bertz CT molecular complexity index is 864. The summed E-state index contributed by atoms with van der Waals surface area (Å²) in [6.07, 6.45) is 2.48. The smallest absolute Gasteiger partial charge is 0.341 e. The number of carboxylic acid groups (broad SMARTS) is 1. The molecule has 1 N–H and O–H groups in total. The van der Waals surface area contributed by atoms with E-state index in [0.717, 1.165) is 33.6 Å². The van der Waals surface area contributed by atoms with Crippen molar-refractivity contribution in [1.29, 1.82) is 0 Å². The van der Waals surface area contributed by atoms with Crippen LogP contribution in [0.5, 0.6) is 5.75 Å². The molecule has 1 heterocycles. The van der Waals surface area contributed by atoms with Gasteiger partial charge in [0, 0.05) is 23.1 Å². The molecule has 2 rings (SSSR count). The third-order valence-electron chi connectivity index (χ3n) is 5.23. The van der Waals surface area contributed by atoms with Gasteiger partial charge in [0.25, 0.3) is 0 Å². The zero-order valence-corrected chi connectivity index (χ0v) is 20.5. The summed E-state index contributed by atoms with van der Waals surface area (Å²) in [7, 11) is 0.191. The van der Waals surface area contributed by atoms with Gasteiger partial charge in [0.2, 0.25) is 6.29 Å². The van der Waals surface area contributed by atoms with Crippen molar-refractivity contribution in [3.8, 4) is 5.75 Å². The molecule has 0 spiro atoms. The number of benzene rings is 1. The Morgan fingerprint density at radius 2 is 1.90 bits per heavy atom. The van der Waals surface area contributed by atoms with Crippen LogP contribution in [0.25, 0.3) is 0 Å². The highest BCUT2D eigenvalue weighted by molar-refractivity contribution is 6.48. The molecule has 166 valence electrons. The number of hydrogen-bond donors (Lipinski definition) is 1. The molecule has 7 heteroatoms. The standard InChI is InChI=1S/C23H34O6Si/c1-13(10-12-16(24)25)9-11-15-19(23(3,4)5)18-17(14(2)20(15)27-6)22(28-21(18)26)29-30(7)8/h9,22,30H,10-12H2,1-8H3,(H,24,25)/b13-9+. The summed E-state index contributed by atoms with van der Waals surface area (Å²) in [6.45, 7) is 14.2. The van der Waals surface area contributed by atoms with Crippen molar-refractivity contribution in [3.63, 3.8) is 0 Å². The number of esters is 1. The molecular formula is C23H34O6Si. The Hall–Kier alpha value is -2.12. The molecule has 0 bridgehead atoms. The molecule has 0 saturated carbocycles. The highest BCUT2D eigenvalue weighted by atomic mass is 28.3. The highest BCUT2D eigenvalue weighted by Gasteiger charge is 2.41. The van der Waals surface area contributed by atoms with Crippen LogP contribution in [0.1, 0.15) is 79.4 Å². The van der Waals surface area contributed by atoms with E-state index in [1.807, 2.05) is 33.0 Å². The molecule has 1 atom stereocenters. The number of methoxy groups -OCH3 is 1. The lowest BCUT2D eigenvalue weighted by molar-refractivity contribution is -0.136. The molecule has 30 heavy (non-hydrogen) atoms. The minimum Gasteiger partial charge on any atom is -0.496 e. The number of carbonyl (C=O) groups is 2. The zero-order valence-electron chi connectivity index (χ0n) is 19.3. The largest absolute Gasteiger partial charge is 0.496 e. The highest BCUT2D eigenvalue weighted by Crippen LogP contribution is 2.47. The van der Waals surface area contributed by atoms with E-state index >= 15 is 0 Å². The van der Waals surface area contributed by atoms with Gasteiger partial charge in [0.15, 0.2) is 9.04 Å². The summed E-state index contributed by atoms with van der Waals surface area (Å²) in [5.74, 6) is -0.432. The summed E-state index contributed by atoms with van der Waals surface area (Å²) < 4.78 is 17.5. The molecule has 0 amide bonds. The molecule has 1 aromatic rings. The molecule has 1 aromatic carbocycles. The summed E-state index contributed by atoms with van der Waals surface area (Å²) in [4.78, 5) is 23.8. The van der Waals surface area contributed by atoms with Crippen molar-refractivity contribution >= 4 is 21.0 Å². The average molecular weight is 435 g/mol. The van der Waals surface area contributed by atoms with E-state index in [9.17, 15) is 9.59 Å². The van der Waals surface area contributed by atoms with Crippen molar-refractivity contribution in [2.75, 3.05) is 7.11 Å². The van der Waals surface area contributed by atoms with Crippen LogP contribution in [-0.4, -0.2) is 33.2 Å². The number of rotatable bonds is 8. The van der Waals surface area contributed by atoms with Crippen molar-refractivity contribution in [2.45, 2.75) is 78.7 Å². The van der Waals surface area contributed by atoms with E-state index in [-0.39, 0.29) is 17.8 Å². The van der Waals surface area contributed by atoms with Gasteiger partial charge >= 0.3 is 11.9 Å². The van der Waals surface area contributed by atoms with E-state index in [1.54, 1.807) is 7.11 Å². The summed E-state index contributed by atoms with van der Waals surface area (Å²) in [6, 6.07) is 0. The predicted molar refractivity (Wildman–Crippen MR) is 119 cm³/mol. The van der Waals surface area contributed by atoms with Crippen molar-refractivity contribution in [3.05, 3.63) is 39.5 Å². The van der Waals surface area contributed by atoms with Crippen LogP contribution in [0.15, 0.2) is 11.6 Å². The summed E-state index contributed by atoms with van der Waals surface area (Å²) in [5, 5.41) is 8.93. The number of ether oxygens (including phenoxy) is 2. The predicted octanol–water partition coefficient (Wildman–Crippen LogP) is 4.82. The Labute approximate surface area is 180 Å². The number of hydrogen-bond acceptors (Lipinski definition) is 5. The van der Waals surface area contributed by atoms with Gasteiger partial charge in [-0.2, -0.15) is 0 Å². The fourth-order valence-corrected chi connectivity index (χ4v) is 4.67. The Morgan fingerprint density at radius 1 is 1.27 bits per heavy atom. The molecule has 0 aliphatic carbocycles. The maximum Gasteiger partial charge on any atom is 0.341 e. The third-order valence-corrected chi connectivity index (χ3v) is 6.02. The van der Waals surface area contributed by atoms with Crippen molar-refractivity contribution in [1.82, 2.24) is 0 Å². The number of allylic oxidation sites excluding steroid dienone is 2. The fraction of sp³-hybridized carbons (Fsp3) is 0.565. The van der Waals surface area contributed by atoms with Gasteiger partial charge in [-0.3, -0.25) is 4.79 Å². The number of carboxylic acids is 1. The van der Waals surface area contributed by atoms with Crippen LogP contribution in [0.2, 0.25) is 13.1 Å². The molecular weight excluding hydrogens is 400 g/mol. The van der Waals surface area contributed by atoms with Gasteiger partial charge in [-0.25, -0.2) is 4.79 Å². The first-order valence-corrected chi connectivity index (χ1v) is 13.1. The van der Waals surface area contributed by atoms with E-state index in [4.69, 9.17) is 19.0 Å². The average Bonchev–Trinajstić information content (AvgIpc) is 2.92. The second-order valence-corrected chi connectivity index (χ2v) is 11.5. The fourth-order valence-electron chi connectivity index (χ4n) is 3.98. The Morgan fingerprint density at radius 3 is 2.40 bits per heavy atom. The molecule has 0 aromatic heterocycles. The van der Waals surface area contributed by atoms with Gasteiger partial charge in [0.05, 0.1) is 12.7 Å². The maximum absolute atomic E-state index is 12.9. The third kappa shape index (κ3) is 5.13. The topological polar surface area (TPSA) is 82.1 Å². The normalized spacial score (nSPS) is 16.6. The van der Waals surface area contributed by atoms with Gasteiger partial charge in [-0.15, -0.1) is 0 Å². The van der Waals surface area contributed by atoms with Crippen LogP contribution >= 0.6 is 0 Å².